The first kappa shape index (κ1) is 14.6. The molecule has 96 valence electrons. The van der Waals surface area contributed by atoms with Crippen LogP contribution in [0.5, 0.6) is 0 Å². The van der Waals surface area contributed by atoms with Crippen molar-refractivity contribution in [3.63, 3.8) is 0 Å². The van der Waals surface area contributed by atoms with Crippen molar-refractivity contribution in [2.24, 2.45) is 0 Å². The monoisotopic (exact) mass is 285 g/mol. The molecule has 1 N–H and O–H groups in total. The third-order valence-electron chi connectivity index (χ3n) is 2.25. The van der Waals surface area contributed by atoms with Crippen LogP contribution in [0.2, 0.25) is 5.02 Å². The van der Waals surface area contributed by atoms with Gasteiger partial charge in [-0.3, -0.25) is 5.41 Å². The number of halogens is 2. The highest BCUT2D eigenvalue weighted by Crippen LogP contribution is 2.24. The molecule has 5 heteroatoms. The number of rotatable bonds is 3. The minimum Gasteiger partial charge on any atom is -0.476 e. The predicted octanol–water partition coefficient (Wildman–Crippen LogP) is 4.38. The van der Waals surface area contributed by atoms with Crippen molar-refractivity contribution in [3.8, 4) is 11.3 Å². The van der Waals surface area contributed by atoms with Gasteiger partial charge in [-0.2, -0.15) is 0 Å². The molecule has 0 radical (unpaired) electrons. The summed E-state index contributed by atoms with van der Waals surface area (Å²) in [5.41, 5.74) is 0.921. The van der Waals surface area contributed by atoms with Gasteiger partial charge >= 0.3 is 0 Å². The van der Waals surface area contributed by atoms with E-state index >= 15 is 0 Å². The number of hydrogen-bond acceptors (Lipinski definition) is 3. The SMILES string of the molecule is CCOC(=N)c1ccc(-c2ccc(Cl)cc2)o1.Cl. The fraction of sp³-hybridized carbons (Fsp3) is 0.154. The van der Waals surface area contributed by atoms with Gasteiger partial charge in [-0.05, 0) is 43.3 Å². The van der Waals surface area contributed by atoms with E-state index in [0.717, 1.165) is 5.56 Å². The number of ether oxygens (including phenoxy) is 1. The molecule has 1 aromatic carbocycles. The molecular formula is C13H13Cl2NO2. The molecule has 0 aliphatic rings. The van der Waals surface area contributed by atoms with Crippen LogP contribution in [0.25, 0.3) is 11.3 Å². The van der Waals surface area contributed by atoms with E-state index in [1.807, 2.05) is 25.1 Å². The number of benzene rings is 1. The van der Waals surface area contributed by atoms with E-state index in [2.05, 4.69) is 0 Å². The largest absolute Gasteiger partial charge is 0.476 e. The Kier molecular flexibility index (Phi) is 5.25. The lowest BCUT2D eigenvalue weighted by Gasteiger charge is -2.01. The molecular weight excluding hydrogens is 273 g/mol. The van der Waals surface area contributed by atoms with Crippen LogP contribution >= 0.6 is 24.0 Å². The van der Waals surface area contributed by atoms with Crippen LogP contribution in [0, 0.1) is 5.41 Å². The van der Waals surface area contributed by atoms with E-state index in [0.29, 0.717) is 23.2 Å². The molecule has 0 aliphatic carbocycles. The van der Waals surface area contributed by atoms with Gasteiger partial charge in [0.1, 0.15) is 5.76 Å². The summed E-state index contributed by atoms with van der Waals surface area (Å²) in [5.74, 6) is 1.17. The molecule has 0 fully saturated rings. The Morgan fingerprint density at radius 1 is 1.22 bits per heavy atom. The zero-order chi connectivity index (χ0) is 12.3. The Labute approximate surface area is 117 Å². The third-order valence-corrected chi connectivity index (χ3v) is 2.50. The Morgan fingerprint density at radius 2 is 1.89 bits per heavy atom. The molecule has 0 spiro atoms. The molecule has 0 bridgehead atoms. The normalized spacial score (nSPS) is 9.67. The van der Waals surface area contributed by atoms with Gasteiger partial charge < -0.3 is 9.15 Å². The average Bonchev–Trinajstić information content (AvgIpc) is 2.80. The van der Waals surface area contributed by atoms with Crippen molar-refractivity contribution in [1.82, 2.24) is 0 Å². The Hall–Kier alpha value is -1.45. The van der Waals surface area contributed by atoms with Crippen molar-refractivity contribution in [3.05, 3.63) is 47.2 Å². The minimum absolute atomic E-state index is 0. The second kappa shape index (κ2) is 6.47. The zero-order valence-corrected chi connectivity index (χ0v) is 11.3. The summed E-state index contributed by atoms with van der Waals surface area (Å²) in [6.07, 6.45) is 0. The maximum absolute atomic E-state index is 7.60. The second-order valence-corrected chi connectivity index (χ2v) is 3.87. The van der Waals surface area contributed by atoms with Gasteiger partial charge in [0.25, 0.3) is 0 Å². The van der Waals surface area contributed by atoms with E-state index in [4.69, 9.17) is 26.2 Å². The van der Waals surface area contributed by atoms with Crippen LogP contribution in [0.1, 0.15) is 12.7 Å². The van der Waals surface area contributed by atoms with Gasteiger partial charge in [-0.1, -0.05) is 11.6 Å². The van der Waals surface area contributed by atoms with Crippen LogP contribution < -0.4 is 0 Å². The first-order valence-corrected chi connectivity index (χ1v) is 5.66. The summed E-state index contributed by atoms with van der Waals surface area (Å²) in [6, 6.07) is 10.9. The number of hydrogen-bond donors (Lipinski definition) is 1. The van der Waals surface area contributed by atoms with Crippen LogP contribution in [-0.4, -0.2) is 12.5 Å². The van der Waals surface area contributed by atoms with Gasteiger partial charge in [-0.25, -0.2) is 0 Å². The highest BCUT2D eigenvalue weighted by molar-refractivity contribution is 6.30. The third kappa shape index (κ3) is 3.28. The molecule has 0 unspecified atom stereocenters. The summed E-state index contributed by atoms with van der Waals surface area (Å²) >= 11 is 5.81. The van der Waals surface area contributed by atoms with Gasteiger partial charge in [0, 0.05) is 10.6 Å². The Bertz CT molecular complexity index is 520. The summed E-state index contributed by atoms with van der Waals surface area (Å²) in [4.78, 5) is 0. The van der Waals surface area contributed by atoms with E-state index < -0.39 is 0 Å². The van der Waals surface area contributed by atoms with Crippen molar-refractivity contribution in [2.75, 3.05) is 6.61 Å². The standard InChI is InChI=1S/C13H12ClNO2.ClH/c1-2-16-13(15)12-8-7-11(17-12)9-3-5-10(14)6-4-9;/h3-8,15H,2H2,1H3;1H. The van der Waals surface area contributed by atoms with E-state index in [9.17, 15) is 0 Å². The first-order valence-electron chi connectivity index (χ1n) is 5.28. The van der Waals surface area contributed by atoms with E-state index in [1.165, 1.54) is 0 Å². The Morgan fingerprint density at radius 3 is 2.50 bits per heavy atom. The summed E-state index contributed by atoms with van der Waals surface area (Å²) in [7, 11) is 0. The average molecular weight is 286 g/mol. The second-order valence-electron chi connectivity index (χ2n) is 3.43. The van der Waals surface area contributed by atoms with Crippen molar-refractivity contribution >= 4 is 29.9 Å². The Balaban J connectivity index is 0.00000162. The predicted molar refractivity (Wildman–Crippen MR) is 74.9 cm³/mol. The first-order chi connectivity index (χ1) is 8.20. The molecule has 2 rings (SSSR count). The fourth-order valence-corrected chi connectivity index (χ4v) is 1.57. The highest BCUT2D eigenvalue weighted by Gasteiger charge is 2.09. The van der Waals surface area contributed by atoms with Crippen LogP contribution in [0.3, 0.4) is 0 Å². The number of nitrogens with one attached hydrogen (secondary N) is 1. The maximum atomic E-state index is 7.60. The van der Waals surface area contributed by atoms with Gasteiger partial charge in [0.2, 0.25) is 5.90 Å². The smallest absolute Gasteiger partial charge is 0.250 e. The fourth-order valence-electron chi connectivity index (χ4n) is 1.44. The van der Waals surface area contributed by atoms with Gasteiger partial charge in [-0.15, -0.1) is 12.4 Å². The molecule has 0 atom stereocenters. The lowest BCUT2D eigenvalue weighted by Crippen LogP contribution is -2.02. The van der Waals surface area contributed by atoms with Crippen molar-refractivity contribution in [1.29, 1.82) is 5.41 Å². The minimum atomic E-state index is 0. The molecule has 0 saturated carbocycles. The van der Waals surface area contributed by atoms with Crippen LogP contribution in [-0.2, 0) is 4.74 Å². The van der Waals surface area contributed by atoms with Crippen molar-refractivity contribution in [2.45, 2.75) is 6.92 Å². The summed E-state index contributed by atoms with van der Waals surface area (Å²) < 4.78 is 10.6. The van der Waals surface area contributed by atoms with Gasteiger partial charge in [0.05, 0.1) is 6.61 Å². The molecule has 3 nitrogen and oxygen atoms in total. The topological polar surface area (TPSA) is 46.2 Å². The number of furan rings is 1. The molecule has 0 saturated heterocycles. The van der Waals surface area contributed by atoms with E-state index in [-0.39, 0.29) is 18.3 Å². The molecule has 1 heterocycles. The van der Waals surface area contributed by atoms with Gasteiger partial charge in [0.15, 0.2) is 5.76 Å². The van der Waals surface area contributed by atoms with Crippen LogP contribution in [0.15, 0.2) is 40.8 Å². The zero-order valence-electron chi connectivity index (χ0n) is 9.77. The summed E-state index contributed by atoms with van der Waals surface area (Å²) in [6.45, 7) is 2.29. The lowest BCUT2D eigenvalue weighted by molar-refractivity contribution is 0.316. The highest BCUT2D eigenvalue weighted by atomic mass is 35.5. The molecule has 0 amide bonds. The van der Waals surface area contributed by atoms with E-state index in [1.54, 1.807) is 18.2 Å². The lowest BCUT2D eigenvalue weighted by atomic mass is 10.2. The van der Waals surface area contributed by atoms with Crippen LogP contribution in [0.4, 0.5) is 0 Å². The summed E-state index contributed by atoms with van der Waals surface area (Å²) in [5, 5.41) is 8.29. The molecule has 0 aliphatic heterocycles. The maximum Gasteiger partial charge on any atom is 0.250 e. The van der Waals surface area contributed by atoms with Crippen molar-refractivity contribution < 1.29 is 9.15 Å². The molecule has 18 heavy (non-hydrogen) atoms. The molecule has 1 aromatic heterocycles. The molecule has 2 aromatic rings. The quantitative estimate of drug-likeness (QED) is 0.672.